The van der Waals surface area contributed by atoms with Crippen molar-refractivity contribution >= 4 is 11.6 Å². The van der Waals surface area contributed by atoms with Crippen LogP contribution in [0.2, 0.25) is 0 Å². The van der Waals surface area contributed by atoms with E-state index in [0.29, 0.717) is 5.88 Å². The van der Waals surface area contributed by atoms with Gasteiger partial charge in [0.05, 0.1) is 17.9 Å². The smallest absolute Gasteiger partial charge is 0.0947 e. The summed E-state index contributed by atoms with van der Waals surface area (Å²) in [6.07, 6.45) is 3.63. The second kappa shape index (κ2) is 2.18. The average molecular weight is 131 g/mol. The van der Waals surface area contributed by atoms with E-state index in [1.807, 2.05) is 17.8 Å². The molecule has 2 nitrogen and oxygen atoms in total. The van der Waals surface area contributed by atoms with Gasteiger partial charge < -0.3 is 4.57 Å². The molecule has 8 heavy (non-hydrogen) atoms. The number of hydrogen-bond donors (Lipinski definition) is 0. The van der Waals surface area contributed by atoms with E-state index in [4.69, 9.17) is 11.6 Å². The first-order valence-corrected chi connectivity index (χ1v) is 2.89. The van der Waals surface area contributed by atoms with Crippen molar-refractivity contribution in [1.29, 1.82) is 0 Å². The van der Waals surface area contributed by atoms with Gasteiger partial charge in [-0.1, -0.05) is 0 Å². The largest absolute Gasteiger partial charge is 0.340 e. The van der Waals surface area contributed by atoms with Crippen LogP contribution >= 0.6 is 11.6 Å². The lowest BCUT2D eigenvalue weighted by Crippen LogP contribution is -1.77. The molecule has 1 aromatic rings. The van der Waals surface area contributed by atoms with Crippen molar-refractivity contribution in [1.82, 2.24) is 9.55 Å². The molecule has 3 heteroatoms. The van der Waals surface area contributed by atoms with Gasteiger partial charge >= 0.3 is 0 Å². The fourth-order valence-electron chi connectivity index (χ4n) is 0.536. The molecule has 0 unspecified atom stereocenters. The molecule has 0 aliphatic rings. The van der Waals surface area contributed by atoms with Gasteiger partial charge in [0.15, 0.2) is 0 Å². The van der Waals surface area contributed by atoms with Crippen LogP contribution in [-0.4, -0.2) is 9.55 Å². The second-order valence-corrected chi connectivity index (χ2v) is 1.93. The predicted octanol–water partition coefficient (Wildman–Crippen LogP) is 1.16. The highest BCUT2D eigenvalue weighted by atomic mass is 35.5. The number of alkyl halides is 1. The van der Waals surface area contributed by atoms with Crippen molar-refractivity contribution in [2.45, 2.75) is 5.88 Å². The molecule has 0 fully saturated rings. The summed E-state index contributed by atoms with van der Waals surface area (Å²) in [6.45, 7) is 0. The maximum absolute atomic E-state index is 5.46. The zero-order valence-electron chi connectivity index (χ0n) is 4.63. The molecule has 0 aliphatic carbocycles. The minimum atomic E-state index is 0.501. The zero-order valence-corrected chi connectivity index (χ0v) is 5.39. The van der Waals surface area contributed by atoms with Crippen molar-refractivity contribution in [2.24, 2.45) is 7.05 Å². The molecular weight excluding hydrogens is 124 g/mol. The lowest BCUT2D eigenvalue weighted by atomic mass is 10.6. The van der Waals surface area contributed by atoms with Crippen LogP contribution in [0, 0.1) is 0 Å². The molecule has 0 aromatic carbocycles. The quantitative estimate of drug-likeness (QED) is 0.522. The molecule has 0 N–H and O–H groups in total. The van der Waals surface area contributed by atoms with Crippen LogP contribution in [-0.2, 0) is 12.9 Å². The minimum absolute atomic E-state index is 0.501. The first-order chi connectivity index (χ1) is 3.83. The molecule has 1 rings (SSSR count). The minimum Gasteiger partial charge on any atom is -0.340 e. The van der Waals surface area contributed by atoms with Crippen molar-refractivity contribution in [2.75, 3.05) is 0 Å². The van der Waals surface area contributed by atoms with E-state index >= 15 is 0 Å². The van der Waals surface area contributed by atoms with E-state index in [1.165, 1.54) is 0 Å². The lowest BCUT2D eigenvalue weighted by molar-refractivity contribution is 0.913. The van der Waals surface area contributed by atoms with Gasteiger partial charge in [-0.05, 0) is 0 Å². The summed E-state index contributed by atoms with van der Waals surface area (Å²) in [6, 6.07) is 0. The number of nitrogens with zero attached hydrogens (tertiary/aromatic N) is 2. The number of halogens is 1. The Morgan fingerprint density at radius 2 is 2.62 bits per heavy atom. The topological polar surface area (TPSA) is 17.8 Å². The van der Waals surface area contributed by atoms with Crippen molar-refractivity contribution in [3.05, 3.63) is 18.2 Å². The van der Waals surface area contributed by atoms with E-state index < -0.39 is 0 Å². The van der Waals surface area contributed by atoms with E-state index in [2.05, 4.69) is 4.98 Å². The van der Waals surface area contributed by atoms with Crippen molar-refractivity contribution in [3.8, 4) is 0 Å². The van der Waals surface area contributed by atoms with Crippen LogP contribution in [0.5, 0.6) is 0 Å². The summed E-state index contributed by atoms with van der Waals surface area (Å²) in [5, 5.41) is 0. The summed E-state index contributed by atoms with van der Waals surface area (Å²) in [5.74, 6) is 0.501. The van der Waals surface area contributed by atoms with Crippen LogP contribution in [0.1, 0.15) is 5.69 Å². The van der Waals surface area contributed by atoms with Crippen molar-refractivity contribution < 1.29 is 0 Å². The van der Waals surface area contributed by atoms with Gasteiger partial charge in [-0.15, -0.1) is 11.6 Å². The lowest BCUT2D eigenvalue weighted by Gasteiger charge is -1.80. The summed E-state index contributed by atoms with van der Waals surface area (Å²) < 4.78 is 1.87. The molecule has 0 atom stereocenters. The summed E-state index contributed by atoms with van der Waals surface area (Å²) in [4.78, 5) is 3.97. The third-order valence-corrected chi connectivity index (χ3v) is 1.17. The van der Waals surface area contributed by atoms with E-state index in [0.717, 1.165) is 5.69 Å². The molecule has 0 aliphatic heterocycles. The maximum atomic E-state index is 5.46. The molecule has 0 saturated heterocycles. The summed E-state index contributed by atoms with van der Waals surface area (Å²) in [7, 11) is 1.92. The molecule has 0 bridgehead atoms. The van der Waals surface area contributed by atoms with Crippen LogP contribution in [0.3, 0.4) is 0 Å². The highest BCUT2D eigenvalue weighted by Crippen LogP contribution is 1.96. The monoisotopic (exact) mass is 130 g/mol. The van der Waals surface area contributed by atoms with Gasteiger partial charge in [0.25, 0.3) is 0 Å². The molecular formula is C5H7ClN2. The number of aryl methyl sites for hydroxylation is 1. The molecule has 0 spiro atoms. The Morgan fingerprint density at radius 1 is 1.88 bits per heavy atom. The summed E-state index contributed by atoms with van der Waals surface area (Å²) >= 11 is 5.46. The number of rotatable bonds is 1. The van der Waals surface area contributed by atoms with Crippen molar-refractivity contribution in [3.63, 3.8) is 0 Å². The SMILES string of the molecule is Cn1cnc(CCl)c1. The third-order valence-electron chi connectivity index (χ3n) is 0.895. The fraction of sp³-hybridized carbons (Fsp3) is 0.400. The highest BCUT2D eigenvalue weighted by Gasteiger charge is 1.89. The number of hydrogen-bond acceptors (Lipinski definition) is 1. The maximum Gasteiger partial charge on any atom is 0.0947 e. The predicted molar refractivity (Wildman–Crippen MR) is 32.8 cm³/mol. The molecule has 0 amide bonds. The average Bonchev–Trinajstić information content (AvgIpc) is 2.14. The molecule has 0 radical (unpaired) electrons. The third kappa shape index (κ3) is 1.01. The standard InChI is InChI=1S/C5H7ClN2/c1-8-3-5(2-6)7-4-8/h3-4H,2H2,1H3. The van der Waals surface area contributed by atoms with Gasteiger partial charge in [0.1, 0.15) is 0 Å². The van der Waals surface area contributed by atoms with Crippen LogP contribution in [0.15, 0.2) is 12.5 Å². The first-order valence-electron chi connectivity index (χ1n) is 2.35. The first kappa shape index (κ1) is 5.63. The number of aromatic nitrogens is 2. The Kier molecular flexibility index (Phi) is 1.53. The highest BCUT2D eigenvalue weighted by molar-refractivity contribution is 6.16. The normalized spacial score (nSPS) is 9.75. The zero-order chi connectivity index (χ0) is 5.98. The van der Waals surface area contributed by atoms with Gasteiger partial charge in [-0.2, -0.15) is 0 Å². The Hall–Kier alpha value is -0.500. The molecule has 1 aromatic heterocycles. The van der Waals surface area contributed by atoms with E-state index in [1.54, 1.807) is 6.33 Å². The molecule has 0 saturated carbocycles. The van der Waals surface area contributed by atoms with Gasteiger partial charge in [0, 0.05) is 13.2 Å². The van der Waals surface area contributed by atoms with Gasteiger partial charge in [-0.3, -0.25) is 0 Å². The van der Waals surface area contributed by atoms with E-state index in [9.17, 15) is 0 Å². The molecule has 1 heterocycles. The Morgan fingerprint density at radius 3 is 2.88 bits per heavy atom. The number of imidazole rings is 1. The van der Waals surface area contributed by atoms with E-state index in [-0.39, 0.29) is 0 Å². The Bertz CT molecular complexity index is 171. The Labute approximate surface area is 53.1 Å². The second-order valence-electron chi connectivity index (χ2n) is 1.66. The van der Waals surface area contributed by atoms with Crippen LogP contribution in [0.25, 0.3) is 0 Å². The van der Waals surface area contributed by atoms with Crippen LogP contribution in [0.4, 0.5) is 0 Å². The summed E-state index contributed by atoms with van der Waals surface area (Å²) in [5.41, 5.74) is 0.925. The Balaban J connectivity index is 2.84. The fourth-order valence-corrected chi connectivity index (χ4v) is 0.674. The van der Waals surface area contributed by atoms with Gasteiger partial charge in [0.2, 0.25) is 0 Å². The molecule has 44 valence electrons. The van der Waals surface area contributed by atoms with Gasteiger partial charge in [-0.25, -0.2) is 4.98 Å². The van der Waals surface area contributed by atoms with Crippen LogP contribution < -0.4 is 0 Å².